The summed E-state index contributed by atoms with van der Waals surface area (Å²) in [5.74, 6) is 0.371. The summed E-state index contributed by atoms with van der Waals surface area (Å²) in [6.07, 6.45) is 3.10. The first-order chi connectivity index (χ1) is 13.2. The lowest BCUT2D eigenvalue weighted by atomic mass is 9.99. The van der Waals surface area contributed by atoms with Crippen molar-refractivity contribution in [1.82, 2.24) is 15.0 Å². The monoisotopic (exact) mass is 380 g/mol. The summed E-state index contributed by atoms with van der Waals surface area (Å²) in [5, 5.41) is 12.4. The fraction of sp³-hybridized carbons (Fsp3) is 0.105. The Morgan fingerprint density at radius 1 is 1.26 bits per heavy atom. The molecule has 0 aliphatic carbocycles. The van der Waals surface area contributed by atoms with Crippen molar-refractivity contribution in [2.24, 2.45) is 4.99 Å². The Morgan fingerprint density at radius 2 is 2.11 bits per heavy atom. The molecule has 0 bridgehead atoms. The van der Waals surface area contributed by atoms with Crippen LogP contribution in [0.25, 0.3) is 0 Å². The first kappa shape index (κ1) is 17.2. The molecule has 0 saturated carbocycles. The summed E-state index contributed by atoms with van der Waals surface area (Å²) in [6, 6.07) is 14.5. The van der Waals surface area contributed by atoms with Gasteiger partial charge in [0.1, 0.15) is 12.0 Å². The molecule has 27 heavy (non-hydrogen) atoms. The third-order valence-corrected chi connectivity index (χ3v) is 4.91. The number of hydrogen-bond acceptors (Lipinski definition) is 7. The zero-order valence-corrected chi connectivity index (χ0v) is 14.9. The maximum atomic E-state index is 12.6. The van der Waals surface area contributed by atoms with Gasteiger partial charge in [-0.05, 0) is 35.7 Å². The third-order valence-electron chi connectivity index (χ3n) is 4.07. The van der Waals surface area contributed by atoms with E-state index in [9.17, 15) is 9.90 Å². The highest BCUT2D eigenvalue weighted by Crippen LogP contribution is 2.34. The quantitative estimate of drug-likeness (QED) is 0.589. The second-order valence-electron chi connectivity index (χ2n) is 5.86. The van der Waals surface area contributed by atoms with Crippen LogP contribution in [0.1, 0.15) is 17.4 Å². The molecule has 0 fully saturated rings. The van der Waals surface area contributed by atoms with Crippen molar-refractivity contribution in [3.63, 3.8) is 0 Å². The van der Waals surface area contributed by atoms with Gasteiger partial charge in [-0.1, -0.05) is 30.3 Å². The number of carbonyl (C=O) groups excluding carboxylic acids is 1. The molecule has 0 saturated heterocycles. The minimum absolute atomic E-state index is 0.155. The number of amidine groups is 1. The first-order valence-corrected chi connectivity index (χ1v) is 9.09. The number of aromatic hydroxyl groups is 1. The maximum Gasteiger partial charge on any atom is 0.287 e. The largest absolute Gasteiger partial charge is 0.508 e. The molecule has 1 aliphatic heterocycles. The van der Waals surface area contributed by atoms with Gasteiger partial charge in [-0.25, -0.2) is 9.98 Å². The molecule has 136 valence electrons. The van der Waals surface area contributed by atoms with Gasteiger partial charge < -0.3 is 19.6 Å². The molecular formula is C19H16N4O3S. The summed E-state index contributed by atoms with van der Waals surface area (Å²) >= 11 is 1.24. The van der Waals surface area contributed by atoms with E-state index >= 15 is 0 Å². The molecule has 1 aliphatic rings. The highest BCUT2D eigenvalue weighted by Gasteiger charge is 2.23. The van der Waals surface area contributed by atoms with Crippen LogP contribution in [0.2, 0.25) is 0 Å². The van der Waals surface area contributed by atoms with Crippen LogP contribution in [0, 0.1) is 0 Å². The van der Waals surface area contributed by atoms with Crippen LogP contribution in [0.5, 0.6) is 5.75 Å². The van der Waals surface area contributed by atoms with Crippen molar-refractivity contribution < 1.29 is 14.3 Å². The Kier molecular flexibility index (Phi) is 4.80. The Labute approximate surface area is 159 Å². The molecule has 2 aromatic carbocycles. The van der Waals surface area contributed by atoms with Crippen LogP contribution in [0.15, 0.2) is 75.3 Å². The number of nitrogens with one attached hydrogen (secondary N) is 2. The lowest BCUT2D eigenvalue weighted by Crippen LogP contribution is -2.40. The van der Waals surface area contributed by atoms with Crippen molar-refractivity contribution in [2.45, 2.75) is 10.8 Å². The van der Waals surface area contributed by atoms with E-state index in [2.05, 4.69) is 20.0 Å². The van der Waals surface area contributed by atoms with Gasteiger partial charge in [0.25, 0.3) is 5.91 Å². The number of amides is 1. The van der Waals surface area contributed by atoms with Gasteiger partial charge in [-0.15, -0.1) is 0 Å². The fourth-order valence-corrected chi connectivity index (χ4v) is 3.48. The molecule has 1 atom stereocenters. The van der Waals surface area contributed by atoms with E-state index in [4.69, 9.17) is 4.42 Å². The minimum Gasteiger partial charge on any atom is -0.508 e. The molecule has 1 aromatic heterocycles. The summed E-state index contributed by atoms with van der Waals surface area (Å²) in [4.78, 5) is 21.9. The number of phenols is 1. The van der Waals surface area contributed by atoms with Crippen LogP contribution in [-0.2, 0) is 4.79 Å². The Hall–Kier alpha value is -3.26. The number of fused-ring (bicyclic) bond motifs is 1. The van der Waals surface area contributed by atoms with Crippen LogP contribution in [-0.4, -0.2) is 28.4 Å². The lowest BCUT2D eigenvalue weighted by Gasteiger charge is -2.18. The number of carbonyl (C=O) groups is 1. The number of aliphatic imine (C=N–C) groups is 1. The summed E-state index contributed by atoms with van der Waals surface area (Å²) in [6.45, 7) is 0.317. The van der Waals surface area contributed by atoms with Crippen LogP contribution >= 0.6 is 11.9 Å². The predicted molar refractivity (Wildman–Crippen MR) is 102 cm³/mol. The van der Waals surface area contributed by atoms with Crippen LogP contribution in [0.3, 0.4) is 0 Å². The average Bonchev–Trinajstić information content (AvgIpc) is 3.23. The molecule has 2 heterocycles. The summed E-state index contributed by atoms with van der Waals surface area (Å²) in [7, 11) is 0. The molecule has 8 heteroatoms. The van der Waals surface area contributed by atoms with E-state index in [1.165, 1.54) is 24.3 Å². The zero-order chi connectivity index (χ0) is 18.6. The van der Waals surface area contributed by atoms with E-state index in [0.29, 0.717) is 18.1 Å². The predicted octanol–water partition coefficient (Wildman–Crippen LogP) is 2.97. The standard InChI is InChI=1S/C19H16N4O3S/c24-13-6-7-15-16(10-13)27-23-17(22-15)18(25)21-11-14(19-20-8-9-26-19)12-4-2-1-3-5-12/h1-10,14,24H,11H2,(H,21,25)(H,22,23). The second kappa shape index (κ2) is 7.55. The Morgan fingerprint density at radius 3 is 2.89 bits per heavy atom. The molecule has 0 spiro atoms. The highest BCUT2D eigenvalue weighted by atomic mass is 32.2. The molecule has 0 radical (unpaired) electrons. The first-order valence-electron chi connectivity index (χ1n) is 8.28. The smallest absolute Gasteiger partial charge is 0.287 e. The van der Waals surface area contributed by atoms with Crippen molar-refractivity contribution >= 4 is 29.4 Å². The minimum atomic E-state index is -0.325. The number of oxazole rings is 1. The van der Waals surface area contributed by atoms with E-state index < -0.39 is 0 Å². The topological polar surface area (TPSA) is 99.8 Å². The van der Waals surface area contributed by atoms with Gasteiger partial charge in [0, 0.05) is 6.54 Å². The van der Waals surface area contributed by atoms with Gasteiger partial charge in [0.2, 0.25) is 11.7 Å². The van der Waals surface area contributed by atoms with Gasteiger partial charge in [0.15, 0.2) is 0 Å². The second-order valence-corrected chi connectivity index (χ2v) is 6.71. The molecule has 4 rings (SSSR count). The number of aromatic nitrogens is 1. The number of hydrogen-bond donors (Lipinski definition) is 3. The van der Waals surface area contributed by atoms with Gasteiger partial charge in [-0.2, -0.15) is 0 Å². The molecule has 7 nitrogen and oxygen atoms in total. The maximum absolute atomic E-state index is 12.6. The van der Waals surface area contributed by atoms with E-state index in [1.807, 2.05) is 30.3 Å². The molecular weight excluding hydrogens is 364 g/mol. The van der Waals surface area contributed by atoms with Gasteiger partial charge in [-0.3, -0.25) is 4.79 Å². The van der Waals surface area contributed by atoms with E-state index in [-0.39, 0.29) is 23.4 Å². The molecule has 3 aromatic rings. The molecule has 1 unspecified atom stereocenters. The number of nitrogens with zero attached hydrogens (tertiary/aromatic N) is 2. The van der Waals surface area contributed by atoms with E-state index in [1.54, 1.807) is 18.3 Å². The highest BCUT2D eigenvalue weighted by molar-refractivity contribution is 7.98. The Bertz CT molecular complexity index is 974. The summed E-state index contributed by atoms with van der Waals surface area (Å²) in [5.41, 5.74) is 1.63. The normalized spacial score (nSPS) is 13.9. The fourth-order valence-electron chi connectivity index (χ4n) is 2.74. The summed E-state index contributed by atoms with van der Waals surface area (Å²) < 4.78 is 8.35. The van der Waals surface area contributed by atoms with Crippen LogP contribution < -0.4 is 10.0 Å². The van der Waals surface area contributed by atoms with Crippen molar-refractivity contribution in [3.05, 3.63) is 72.4 Å². The molecule has 1 amide bonds. The zero-order valence-electron chi connectivity index (χ0n) is 14.1. The van der Waals surface area contributed by atoms with Crippen molar-refractivity contribution in [3.8, 4) is 5.75 Å². The van der Waals surface area contributed by atoms with Crippen molar-refractivity contribution in [2.75, 3.05) is 6.54 Å². The lowest BCUT2D eigenvalue weighted by molar-refractivity contribution is -0.115. The number of phenolic OH excluding ortho intramolecular Hbond substituents is 1. The van der Waals surface area contributed by atoms with E-state index in [0.717, 1.165) is 10.5 Å². The van der Waals surface area contributed by atoms with Crippen molar-refractivity contribution in [1.29, 1.82) is 0 Å². The third kappa shape index (κ3) is 3.80. The van der Waals surface area contributed by atoms with Gasteiger partial charge in [0.05, 0.1) is 22.7 Å². The SMILES string of the molecule is O=C(NCC(c1ccccc1)c1ncco1)C1=Nc2ccc(O)cc2SN1. The van der Waals surface area contributed by atoms with Gasteiger partial charge >= 0.3 is 0 Å². The van der Waals surface area contributed by atoms with Crippen LogP contribution in [0.4, 0.5) is 5.69 Å². The number of benzene rings is 2. The molecule has 3 N–H and O–H groups in total. The number of rotatable bonds is 5. The average molecular weight is 380 g/mol. The Balaban J connectivity index is 1.50.